The van der Waals surface area contributed by atoms with Gasteiger partial charge in [0.2, 0.25) is 0 Å². The topological polar surface area (TPSA) is 96.6 Å². The van der Waals surface area contributed by atoms with E-state index >= 15 is 0 Å². The van der Waals surface area contributed by atoms with Crippen molar-refractivity contribution in [3.05, 3.63) is 0 Å². The van der Waals surface area contributed by atoms with Gasteiger partial charge < -0.3 is 17.2 Å². The average Bonchev–Trinajstić information content (AvgIpc) is 2.34. The molecule has 0 aromatic heterocycles. The van der Waals surface area contributed by atoms with E-state index < -0.39 is 0 Å². The van der Waals surface area contributed by atoms with Crippen LogP contribution in [0.2, 0.25) is 0 Å². The van der Waals surface area contributed by atoms with Crippen LogP contribution >= 0.6 is 0 Å². The Morgan fingerprint density at radius 2 is 1.56 bits per heavy atom. The summed E-state index contributed by atoms with van der Waals surface area (Å²) in [6.45, 7) is 1.54. The first-order chi connectivity index (χ1) is 7.78. The minimum Gasteiger partial charge on any atom is -0.318 e. The van der Waals surface area contributed by atoms with Crippen LogP contribution in [0.1, 0.15) is 25.7 Å². The van der Waals surface area contributed by atoms with E-state index in [1.54, 1.807) is 0 Å². The number of hydrogen-bond acceptors (Lipinski definition) is 6. The average molecular weight is 230 g/mol. The normalized spacial score (nSPS) is 26.6. The first-order valence-electron chi connectivity index (χ1n) is 6.06. The van der Waals surface area contributed by atoms with Crippen LogP contribution in [0.25, 0.3) is 0 Å². The Balaban J connectivity index is 2.68. The van der Waals surface area contributed by atoms with Gasteiger partial charge in [-0.1, -0.05) is 12.8 Å². The number of nitrogens with two attached hydrogens (primary N) is 3. The quantitative estimate of drug-likeness (QED) is 0.337. The standard InChI is InChI=1S/C10H26N6/c1-14-16(8-13)10-5-3-2-4-9(10)15(6-11)7-12/h9-10,14H,2-8,11-13H2,1H3. The zero-order valence-electron chi connectivity index (χ0n) is 10.2. The summed E-state index contributed by atoms with van der Waals surface area (Å²) in [7, 11) is 1.91. The molecular weight excluding hydrogens is 204 g/mol. The summed E-state index contributed by atoms with van der Waals surface area (Å²) in [5.41, 5.74) is 20.4. The van der Waals surface area contributed by atoms with Crippen LogP contribution in [0.3, 0.4) is 0 Å². The Bertz CT molecular complexity index is 160. The zero-order valence-corrected chi connectivity index (χ0v) is 10.2. The maximum Gasteiger partial charge on any atom is 0.0599 e. The highest BCUT2D eigenvalue weighted by atomic mass is 15.5. The van der Waals surface area contributed by atoms with Crippen LogP contribution in [-0.4, -0.2) is 49.0 Å². The molecule has 6 nitrogen and oxygen atoms in total. The maximum atomic E-state index is 5.74. The Kier molecular flexibility index (Phi) is 6.18. The molecule has 0 radical (unpaired) electrons. The minimum absolute atomic E-state index is 0.413. The maximum absolute atomic E-state index is 5.74. The highest BCUT2D eigenvalue weighted by molar-refractivity contribution is 4.87. The van der Waals surface area contributed by atoms with Crippen molar-refractivity contribution in [3.8, 4) is 0 Å². The molecule has 0 bridgehead atoms. The van der Waals surface area contributed by atoms with Crippen molar-refractivity contribution in [1.29, 1.82) is 0 Å². The summed E-state index contributed by atoms with van der Waals surface area (Å²) in [5.74, 6) is 0. The number of nitrogens with one attached hydrogen (secondary N) is 1. The van der Waals surface area contributed by atoms with E-state index in [0.29, 0.717) is 32.1 Å². The van der Waals surface area contributed by atoms with Crippen LogP contribution < -0.4 is 22.6 Å². The number of nitrogens with zero attached hydrogens (tertiary/aromatic N) is 2. The SMILES string of the molecule is CNN(CN)C1CCCCC1N(CN)CN. The largest absolute Gasteiger partial charge is 0.318 e. The molecular formula is C10H26N6. The van der Waals surface area contributed by atoms with E-state index in [2.05, 4.69) is 15.3 Å². The van der Waals surface area contributed by atoms with Gasteiger partial charge in [0.15, 0.2) is 0 Å². The molecule has 1 aliphatic carbocycles. The second-order valence-electron chi connectivity index (χ2n) is 4.25. The number of hydrazine groups is 1. The van der Waals surface area contributed by atoms with E-state index in [1.165, 1.54) is 12.8 Å². The lowest BCUT2D eigenvalue weighted by atomic mass is 9.89. The van der Waals surface area contributed by atoms with Gasteiger partial charge in [-0.25, -0.2) is 5.01 Å². The first-order valence-corrected chi connectivity index (χ1v) is 6.06. The van der Waals surface area contributed by atoms with E-state index in [-0.39, 0.29) is 0 Å². The second kappa shape index (κ2) is 7.16. The van der Waals surface area contributed by atoms with Crippen molar-refractivity contribution < 1.29 is 0 Å². The third-order valence-corrected chi connectivity index (χ3v) is 3.52. The fraction of sp³-hybridized carbons (Fsp3) is 1.00. The van der Waals surface area contributed by atoms with Gasteiger partial charge in [0.25, 0.3) is 0 Å². The van der Waals surface area contributed by atoms with Crippen molar-refractivity contribution >= 4 is 0 Å². The molecule has 2 unspecified atom stereocenters. The molecule has 1 rings (SSSR count). The van der Waals surface area contributed by atoms with Gasteiger partial charge in [-0.3, -0.25) is 10.3 Å². The summed E-state index contributed by atoms with van der Waals surface area (Å²) in [6.07, 6.45) is 4.80. The summed E-state index contributed by atoms with van der Waals surface area (Å²) in [6, 6.07) is 0.829. The molecule has 1 aliphatic rings. The van der Waals surface area contributed by atoms with Crippen molar-refractivity contribution in [3.63, 3.8) is 0 Å². The second-order valence-corrected chi connectivity index (χ2v) is 4.25. The van der Waals surface area contributed by atoms with Gasteiger partial charge in [0.1, 0.15) is 0 Å². The van der Waals surface area contributed by atoms with Crippen LogP contribution in [0.15, 0.2) is 0 Å². The van der Waals surface area contributed by atoms with Crippen molar-refractivity contribution in [2.24, 2.45) is 17.2 Å². The van der Waals surface area contributed by atoms with Crippen molar-refractivity contribution in [2.45, 2.75) is 37.8 Å². The molecule has 0 aromatic carbocycles. The number of rotatable bonds is 6. The molecule has 0 spiro atoms. The molecule has 1 saturated carbocycles. The molecule has 6 heteroatoms. The summed E-state index contributed by atoms with van der Waals surface area (Å²) >= 11 is 0. The molecule has 0 aliphatic heterocycles. The highest BCUT2D eigenvalue weighted by Crippen LogP contribution is 2.25. The van der Waals surface area contributed by atoms with Crippen LogP contribution in [-0.2, 0) is 0 Å². The van der Waals surface area contributed by atoms with Gasteiger partial charge in [0, 0.05) is 25.4 Å². The lowest BCUT2D eigenvalue weighted by Crippen LogP contribution is -2.59. The fourth-order valence-electron chi connectivity index (χ4n) is 2.62. The van der Waals surface area contributed by atoms with E-state index in [4.69, 9.17) is 17.2 Å². The van der Waals surface area contributed by atoms with Gasteiger partial charge in [-0.15, -0.1) is 0 Å². The Morgan fingerprint density at radius 1 is 1.00 bits per heavy atom. The van der Waals surface area contributed by atoms with Gasteiger partial charge in [-0.05, 0) is 19.9 Å². The van der Waals surface area contributed by atoms with Crippen molar-refractivity contribution in [2.75, 3.05) is 27.1 Å². The highest BCUT2D eigenvalue weighted by Gasteiger charge is 2.32. The molecule has 0 amide bonds. The third-order valence-electron chi connectivity index (χ3n) is 3.52. The number of hydrogen-bond donors (Lipinski definition) is 4. The van der Waals surface area contributed by atoms with E-state index in [9.17, 15) is 0 Å². The Hall–Kier alpha value is -0.240. The van der Waals surface area contributed by atoms with E-state index in [1.807, 2.05) is 7.05 Å². The molecule has 1 fully saturated rings. The molecule has 2 atom stereocenters. The van der Waals surface area contributed by atoms with Gasteiger partial charge >= 0.3 is 0 Å². The van der Waals surface area contributed by atoms with Crippen molar-refractivity contribution in [1.82, 2.24) is 15.3 Å². The van der Waals surface area contributed by atoms with E-state index in [0.717, 1.165) is 12.8 Å². The van der Waals surface area contributed by atoms with Crippen LogP contribution in [0.4, 0.5) is 0 Å². The lowest BCUT2D eigenvalue weighted by molar-refractivity contribution is 0.0263. The molecule has 96 valence electrons. The molecule has 0 heterocycles. The summed E-state index contributed by atoms with van der Waals surface area (Å²) < 4.78 is 0. The van der Waals surface area contributed by atoms with Crippen LogP contribution in [0.5, 0.6) is 0 Å². The first kappa shape index (κ1) is 13.8. The molecule has 0 saturated heterocycles. The fourth-order valence-corrected chi connectivity index (χ4v) is 2.62. The van der Waals surface area contributed by atoms with Crippen LogP contribution in [0, 0.1) is 0 Å². The lowest BCUT2D eigenvalue weighted by Gasteiger charge is -2.43. The molecule has 7 N–H and O–H groups in total. The zero-order chi connectivity index (χ0) is 12.0. The minimum atomic E-state index is 0.413. The Labute approximate surface area is 98.1 Å². The third kappa shape index (κ3) is 3.13. The molecule has 16 heavy (non-hydrogen) atoms. The predicted octanol–water partition coefficient (Wildman–Crippen LogP) is -1.22. The summed E-state index contributed by atoms with van der Waals surface area (Å²) in [4.78, 5) is 2.13. The smallest absolute Gasteiger partial charge is 0.0599 e. The summed E-state index contributed by atoms with van der Waals surface area (Å²) in [5, 5.41) is 2.09. The Morgan fingerprint density at radius 3 is 2.00 bits per heavy atom. The van der Waals surface area contributed by atoms with Gasteiger partial charge in [-0.2, -0.15) is 0 Å². The monoisotopic (exact) mass is 230 g/mol. The predicted molar refractivity (Wildman–Crippen MR) is 65.9 cm³/mol. The molecule has 0 aromatic rings. The van der Waals surface area contributed by atoms with Gasteiger partial charge in [0.05, 0.1) is 6.67 Å².